The van der Waals surface area contributed by atoms with Gasteiger partial charge in [0, 0.05) is 12.5 Å². The molecule has 0 bridgehead atoms. The summed E-state index contributed by atoms with van der Waals surface area (Å²) in [5.41, 5.74) is 0. The molecule has 0 saturated carbocycles. The molecule has 0 aromatic heterocycles. The van der Waals surface area contributed by atoms with Gasteiger partial charge in [0.1, 0.15) is 0 Å². The summed E-state index contributed by atoms with van der Waals surface area (Å²) in [6.45, 7) is 12.9. The predicted octanol–water partition coefficient (Wildman–Crippen LogP) is 2.02. The van der Waals surface area contributed by atoms with E-state index in [0.29, 0.717) is 19.8 Å². The van der Waals surface area contributed by atoms with Crippen molar-refractivity contribution < 1.29 is 14.3 Å². The molecule has 0 aromatic rings. The van der Waals surface area contributed by atoms with E-state index < -0.39 is 8.32 Å². The van der Waals surface area contributed by atoms with E-state index >= 15 is 0 Å². The molecule has 1 fully saturated rings. The zero-order valence-electron chi connectivity index (χ0n) is 10.5. The average Bonchev–Trinajstić information content (AvgIpc) is 2.46. The van der Waals surface area contributed by atoms with Crippen LogP contribution in [-0.4, -0.2) is 39.3 Å². The molecule has 2 unspecified atom stereocenters. The first-order chi connectivity index (χ1) is 6.74. The third-order valence-corrected chi connectivity index (χ3v) is 8.13. The number of ether oxygens (including phenoxy) is 1. The first-order valence-corrected chi connectivity index (χ1v) is 8.54. The second-order valence-electron chi connectivity index (χ2n) is 5.94. The Labute approximate surface area is 93.9 Å². The minimum absolute atomic E-state index is 0.166. The van der Waals surface area contributed by atoms with Gasteiger partial charge in [0.15, 0.2) is 8.32 Å². The highest BCUT2D eigenvalue weighted by Crippen LogP contribution is 2.37. The summed E-state index contributed by atoms with van der Waals surface area (Å²) in [5.74, 6) is 0.166. The summed E-state index contributed by atoms with van der Waals surface area (Å²) in [6, 6.07) is 0. The maximum atomic E-state index is 9.60. The number of hydrogen-bond acceptors (Lipinski definition) is 3. The highest BCUT2D eigenvalue weighted by atomic mass is 28.4. The molecule has 1 saturated heterocycles. The van der Waals surface area contributed by atoms with Crippen LogP contribution in [0.25, 0.3) is 0 Å². The van der Waals surface area contributed by atoms with Gasteiger partial charge in [0.2, 0.25) is 0 Å². The molecule has 0 aromatic carbocycles. The van der Waals surface area contributed by atoms with E-state index in [2.05, 4.69) is 33.9 Å². The standard InChI is InChI=1S/C11H24O3Si/c1-11(2,3)15(4,5)14-7-9-6-13-8-10(9)12/h9-10,12H,6-8H2,1-5H3. The molecular weight excluding hydrogens is 208 g/mol. The van der Waals surface area contributed by atoms with Crippen molar-refractivity contribution in [3.63, 3.8) is 0 Å². The van der Waals surface area contributed by atoms with E-state index in [1.807, 2.05) is 0 Å². The molecule has 3 nitrogen and oxygen atoms in total. The van der Waals surface area contributed by atoms with Crippen LogP contribution in [0.3, 0.4) is 0 Å². The highest BCUT2D eigenvalue weighted by Gasteiger charge is 2.38. The molecule has 1 N–H and O–H groups in total. The van der Waals surface area contributed by atoms with E-state index in [-0.39, 0.29) is 17.1 Å². The second-order valence-corrected chi connectivity index (χ2v) is 10.7. The van der Waals surface area contributed by atoms with Crippen LogP contribution >= 0.6 is 0 Å². The van der Waals surface area contributed by atoms with Gasteiger partial charge < -0.3 is 14.3 Å². The lowest BCUT2D eigenvalue weighted by Crippen LogP contribution is -2.43. The van der Waals surface area contributed by atoms with Crippen molar-refractivity contribution in [3.05, 3.63) is 0 Å². The van der Waals surface area contributed by atoms with Gasteiger partial charge in [-0.3, -0.25) is 0 Å². The van der Waals surface area contributed by atoms with Gasteiger partial charge in [0.05, 0.1) is 19.3 Å². The van der Waals surface area contributed by atoms with Crippen LogP contribution in [0.15, 0.2) is 0 Å². The van der Waals surface area contributed by atoms with E-state index in [1.54, 1.807) is 0 Å². The number of aliphatic hydroxyl groups excluding tert-OH is 1. The van der Waals surface area contributed by atoms with Crippen LogP contribution in [-0.2, 0) is 9.16 Å². The Balaban J connectivity index is 2.42. The molecule has 1 rings (SSSR count). The molecule has 1 aliphatic rings. The fraction of sp³-hybridized carbons (Fsp3) is 1.00. The molecular formula is C11H24O3Si. The van der Waals surface area contributed by atoms with Crippen molar-refractivity contribution in [3.8, 4) is 0 Å². The molecule has 1 heterocycles. The van der Waals surface area contributed by atoms with Crippen molar-refractivity contribution in [2.75, 3.05) is 19.8 Å². The third-order valence-electron chi connectivity index (χ3n) is 3.63. The van der Waals surface area contributed by atoms with Gasteiger partial charge >= 0.3 is 0 Å². The summed E-state index contributed by atoms with van der Waals surface area (Å²) in [5, 5.41) is 9.83. The van der Waals surface area contributed by atoms with Gasteiger partial charge in [-0.15, -0.1) is 0 Å². The van der Waals surface area contributed by atoms with Gasteiger partial charge in [-0.1, -0.05) is 20.8 Å². The number of rotatable bonds is 3. The maximum Gasteiger partial charge on any atom is 0.191 e. The number of hydrogen-bond donors (Lipinski definition) is 1. The first-order valence-electron chi connectivity index (χ1n) is 5.64. The Morgan fingerprint density at radius 2 is 1.93 bits per heavy atom. The summed E-state index contributed by atoms with van der Waals surface area (Å²) in [6.07, 6.45) is -0.338. The van der Waals surface area contributed by atoms with E-state index in [0.717, 1.165) is 0 Å². The smallest absolute Gasteiger partial charge is 0.191 e. The monoisotopic (exact) mass is 232 g/mol. The zero-order chi connectivity index (χ0) is 11.7. The fourth-order valence-corrected chi connectivity index (χ4v) is 2.34. The SMILES string of the molecule is CC(C)(C)[Si](C)(C)OCC1COCC1O. The van der Waals surface area contributed by atoms with Gasteiger partial charge in [-0.2, -0.15) is 0 Å². The van der Waals surface area contributed by atoms with Gasteiger partial charge in [0.25, 0.3) is 0 Å². The molecule has 90 valence electrons. The summed E-state index contributed by atoms with van der Waals surface area (Å²) < 4.78 is 11.3. The van der Waals surface area contributed by atoms with Gasteiger partial charge in [-0.05, 0) is 18.1 Å². The predicted molar refractivity (Wildman–Crippen MR) is 63.5 cm³/mol. The molecule has 15 heavy (non-hydrogen) atoms. The van der Waals surface area contributed by atoms with Gasteiger partial charge in [-0.25, -0.2) is 0 Å². The van der Waals surface area contributed by atoms with E-state index in [1.165, 1.54) is 0 Å². The van der Waals surface area contributed by atoms with Crippen molar-refractivity contribution in [1.29, 1.82) is 0 Å². The maximum absolute atomic E-state index is 9.60. The van der Waals surface area contributed by atoms with E-state index in [9.17, 15) is 5.11 Å². The minimum Gasteiger partial charge on any atom is -0.416 e. The summed E-state index contributed by atoms with van der Waals surface area (Å²) >= 11 is 0. The van der Waals surface area contributed by atoms with Crippen LogP contribution in [0.2, 0.25) is 18.1 Å². The highest BCUT2D eigenvalue weighted by molar-refractivity contribution is 6.74. The molecule has 0 amide bonds. The summed E-state index contributed by atoms with van der Waals surface area (Å²) in [4.78, 5) is 0. The second kappa shape index (κ2) is 4.53. The average molecular weight is 232 g/mol. The zero-order valence-corrected chi connectivity index (χ0v) is 11.5. The Morgan fingerprint density at radius 1 is 1.33 bits per heavy atom. The largest absolute Gasteiger partial charge is 0.416 e. The molecule has 4 heteroatoms. The van der Waals surface area contributed by atoms with E-state index in [4.69, 9.17) is 9.16 Å². The van der Waals surface area contributed by atoms with Crippen molar-refractivity contribution in [1.82, 2.24) is 0 Å². The fourth-order valence-electron chi connectivity index (χ4n) is 1.28. The van der Waals surface area contributed by atoms with Crippen molar-refractivity contribution in [2.24, 2.45) is 5.92 Å². The first kappa shape index (κ1) is 13.2. The summed E-state index contributed by atoms with van der Waals surface area (Å²) in [7, 11) is -1.67. The lowest BCUT2D eigenvalue weighted by atomic mass is 10.1. The molecule has 2 atom stereocenters. The number of aliphatic hydroxyl groups is 1. The Morgan fingerprint density at radius 3 is 2.33 bits per heavy atom. The molecule has 1 aliphatic heterocycles. The lowest BCUT2D eigenvalue weighted by Gasteiger charge is -2.37. The Hall–Kier alpha value is 0.0969. The lowest BCUT2D eigenvalue weighted by molar-refractivity contribution is 0.101. The van der Waals surface area contributed by atoms with Crippen LogP contribution in [0, 0.1) is 5.92 Å². The Bertz CT molecular complexity index is 210. The Kier molecular flexibility index (Phi) is 3.98. The van der Waals surface area contributed by atoms with Crippen LogP contribution in [0.4, 0.5) is 0 Å². The normalized spacial score (nSPS) is 28.4. The topological polar surface area (TPSA) is 38.7 Å². The van der Waals surface area contributed by atoms with Crippen LogP contribution in [0.1, 0.15) is 20.8 Å². The van der Waals surface area contributed by atoms with Crippen molar-refractivity contribution in [2.45, 2.75) is 45.0 Å². The third kappa shape index (κ3) is 3.28. The molecule has 0 aliphatic carbocycles. The molecule has 0 spiro atoms. The van der Waals surface area contributed by atoms with Crippen LogP contribution < -0.4 is 0 Å². The minimum atomic E-state index is -1.67. The quantitative estimate of drug-likeness (QED) is 0.757. The van der Waals surface area contributed by atoms with Crippen LogP contribution in [0.5, 0.6) is 0 Å². The van der Waals surface area contributed by atoms with Crippen molar-refractivity contribution >= 4 is 8.32 Å². The molecule has 0 radical (unpaired) electrons.